The van der Waals surface area contributed by atoms with Crippen molar-refractivity contribution in [3.63, 3.8) is 0 Å². The Morgan fingerprint density at radius 2 is 2.17 bits per heavy atom. The highest BCUT2D eigenvalue weighted by atomic mass is 16.6. The molecule has 0 unspecified atom stereocenters. The molecule has 0 fully saturated rings. The summed E-state index contributed by atoms with van der Waals surface area (Å²) in [7, 11) is 0. The van der Waals surface area contributed by atoms with Crippen LogP contribution >= 0.6 is 0 Å². The van der Waals surface area contributed by atoms with Crippen molar-refractivity contribution in [2.45, 2.75) is 26.4 Å². The lowest BCUT2D eigenvalue weighted by Crippen LogP contribution is -2.26. The summed E-state index contributed by atoms with van der Waals surface area (Å²) in [6.07, 6.45) is 1.76. The molecule has 12 heavy (non-hydrogen) atoms. The summed E-state index contributed by atoms with van der Waals surface area (Å²) in [6.45, 7) is 5.77. The van der Waals surface area contributed by atoms with Crippen LogP contribution in [0.4, 0.5) is 0 Å². The molecule has 0 saturated carbocycles. The fourth-order valence-corrected chi connectivity index (χ4v) is 1.18. The van der Waals surface area contributed by atoms with E-state index >= 15 is 0 Å². The summed E-state index contributed by atoms with van der Waals surface area (Å²) in [5.74, 6) is 5.18. The van der Waals surface area contributed by atoms with Crippen molar-refractivity contribution in [1.29, 1.82) is 0 Å². The van der Waals surface area contributed by atoms with Gasteiger partial charge in [0.05, 0.1) is 0 Å². The summed E-state index contributed by atoms with van der Waals surface area (Å²) in [5, 5.41) is 0. The molecular formula is C9H14N2O. The Morgan fingerprint density at radius 3 is 2.67 bits per heavy atom. The van der Waals surface area contributed by atoms with Gasteiger partial charge in [0, 0.05) is 17.5 Å². The molecule has 0 aliphatic rings. The van der Waals surface area contributed by atoms with E-state index < -0.39 is 5.60 Å². The maximum Gasteiger partial charge on any atom is 0.110 e. The van der Waals surface area contributed by atoms with Crippen molar-refractivity contribution in [2.24, 2.45) is 5.90 Å². The van der Waals surface area contributed by atoms with Crippen molar-refractivity contribution in [2.75, 3.05) is 0 Å². The topological polar surface area (TPSA) is 48.1 Å². The predicted molar refractivity (Wildman–Crippen MR) is 47.3 cm³/mol. The SMILES string of the molecule is Cc1ncccc1C(C)(C)ON. The third-order valence-corrected chi connectivity index (χ3v) is 1.95. The molecule has 0 aliphatic heterocycles. The number of pyridine rings is 1. The average Bonchev–Trinajstić information content (AvgIpc) is 2.05. The van der Waals surface area contributed by atoms with Gasteiger partial charge >= 0.3 is 0 Å². The molecule has 1 aromatic heterocycles. The van der Waals surface area contributed by atoms with Crippen LogP contribution in [0.1, 0.15) is 25.1 Å². The van der Waals surface area contributed by atoms with Gasteiger partial charge in [-0.2, -0.15) is 0 Å². The summed E-state index contributed by atoms with van der Waals surface area (Å²) in [4.78, 5) is 9.02. The molecule has 0 atom stereocenters. The zero-order valence-corrected chi connectivity index (χ0v) is 7.66. The molecule has 0 aliphatic carbocycles. The molecule has 1 heterocycles. The van der Waals surface area contributed by atoms with E-state index in [2.05, 4.69) is 4.98 Å². The predicted octanol–water partition coefficient (Wildman–Crippen LogP) is 1.52. The smallest absolute Gasteiger partial charge is 0.110 e. The van der Waals surface area contributed by atoms with Gasteiger partial charge < -0.3 is 0 Å². The largest absolute Gasteiger partial charge is 0.294 e. The third kappa shape index (κ3) is 1.62. The minimum atomic E-state index is -0.460. The highest BCUT2D eigenvalue weighted by Crippen LogP contribution is 2.24. The van der Waals surface area contributed by atoms with Crippen LogP contribution in [0.25, 0.3) is 0 Å². The number of rotatable bonds is 2. The van der Waals surface area contributed by atoms with E-state index in [0.29, 0.717) is 0 Å². The quantitative estimate of drug-likeness (QED) is 0.677. The number of nitrogens with zero attached hydrogens (tertiary/aromatic N) is 1. The first-order valence-electron chi connectivity index (χ1n) is 3.88. The van der Waals surface area contributed by atoms with Crippen LogP contribution in [0, 0.1) is 6.92 Å². The van der Waals surface area contributed by atoms with Gasteiger partial charge in [-0.15, -0.1) is 0 Å². The summed E-state index contributed by atoms with van der Waals surface area (Å²) in [6, 6.07) is 3.85. The molecule has 3 nitrogen and oxygen atoms in total. The van der Waals surface area contributed by atoms with Crippen LogP contribution in [0.5, 0.6) is 0 Å². The Bertz CT molecular complexity index is 271. The molecule has 1 rings (SSSR count). The molecule has 0 amide bonds. The lowest BCUT2D eigenvalue weighted by atomic mass is 9.97. The Kier molecular flexibility index (Phi) is 2.45. The van der Waals surface area contributed by atoms with Gasteiger partial charge in [0.2, 0.25) is 0 Å². The minimum absolute atomic E-state index is 0.460. The molecule has 66 valence electrons. The lowest BCUT2D eigenvalue weighted by molar-refractivity contribution is -0.0243. The van der Waals surface area contributed by atoms with Crippen molar-refractivity contribution in [3.05, 3.63) is 29.6 Å². The second-order valence-corrected chi connectivity index (χ2v) is 3.26. The maximum absolute atomic E-state index is 5.18. The molecule has 0 aromatic carbocycles. The van der Waals surface area contributed by atoms with E-state index in [4.69, 9.17) is 10.7 Å². The molecular weight excluding hydrogens is 152 g/mol. The highest BCUT2D eigenvalue weighted by Gasteiger charge is 2.22. The second-order valence-electron chi connectivity index (χ2n) is 3.26. The van der Waals surface area contributed by atoms with Gasteiger partial charge in [-0.1, -0.05) is 6.07 Å². The average molecular weight is 166 g/mol. The Hall–Kier alpha value is -0.930. The van der Waals surface area contributed by atoms with Crippen LogP contribution < -0.4 is 5.90 Å². The van der Waals surface area contributed by atoms with Crippen LogP contribution in [-0.4, -0.2) is 4.98 Å². The normalized spacial score (nSPS) is 11.7. The number of hydrogen-bond acceptors (Lipinski definition) is 3. The molecule has 1 aromatic rings. The van der Waals surface area contributed by atoms with E-state index in [1.54, 1.807) is 6.20 Å². The zero-order chi connectivity index (χ0) is 9.19. The van der Waals surface area contributed by atoms with Gasteiger partial charge in [0.25, 0.3) is 0 Å². The van der Waals surface area contributed by atoms with Crippen molar-refractivity contribution < 1.29 is 4.84 Å². The minimum Gasteiger partial charge on any atom is -0.294 e. The zero-order valence-electron chi connectivity index (χ0n) is 7.66. The van der Waals surface area contributed by atoms with E-state index in [0.717, 1.165) is 11.3 Å². The standard InChI is InChI=1S/C9H14N2O/c1-7-8(5-4-6-11-7)9(2,3)12-10/h4-6H,10H2,1-3H3. The van der Waals surface area contributed by atoms with Gasteiger partial charge in [-0.25, -0.2) is 5.90 Å². The Labute approximate surface area is 72.5 Å². The third-order valence-electron chi connectivity index (χ3n) is 1.95. The van der Waals surface area contributed by atoms with Gasteiger partial charge in [-0.05, 0) is 26.8 Å². The van der Waals surface area contributed by atoms with E-state index in [1.807, 2.05) is 32.9 Å². The van der Waals surface area contributed by atoms with E-state index in [1.165, 1.54) is 0 Å². The summed E-state index contributed by atoms with van der Waals surface area (Å²) in [5.41, 5.74) is 1.51. The Balaban J connectivity index is 3.10. The number of aryl methyl sites for hydroxylation is 1. The summed E-state index contributed by atoms with van der Waals surface area (Å²) >= 11 is 0. The number of aromatic nitrogens is 1. The Morgan fingerprint density at radius 1 is 1.50 bits per heavy atom. The van der Waals surface area contributed by atoms with Gasteiger partial charge in [0.1, 0.15) is 5.60 Å². The molecule has 0 radical (unpaired) electrons. The maximum atomic E-state index is 5.18. The molecule has 3 heteroatoms. The van der Waals surface area contributed by atoms with Crippen LogP contribution in [0.3, 0.4) is 0 Å². The van der Waals surface area contributed by atoms with Crippen molar-refractivity contribution in [3.8, 4) is 0 Å². The lowest BCUT2D eigenvalue weighted by Gasteiger charge is -2.23. The molecule has 0 bridgehead atoms. The van der Waals surface area contributed by atoms with Crippen LogP contribution in [-0.2, 0) is 10.4 Å². The number of nitrogens with two attached hydrogens (primary N) is 1. The molecule has 2 N–H and O–H groups in total. The molecule has 0 spiro atoms. The first kappa shape index (κ1) is 9.16. The van der Waals surface area contributed by atoms with E-state index in [9.17, 15) is 0 Å². The van der Waals surface area contributed by atoms with Crippen LogP contribution in [0.2, 0.25) is 0 Å². The summed E-state index contributed by atoms with van der Waals surface area (Å²) < 4.78 is 0. The fourth-order valence-electron chi connectivity index (χ4n) is 1.18. The fraction of sp³-hybridized carbons (Fsp3) is 0.444. The first-order valence-corrected chi connectivity index (χ1v) is 3.88. The van der Waals surface area contributed by atoms with E-state index in [-0.39, 0.29) is 0 Å². The molecule has 0 saturated heterocycles. The van der Waals surface area contributed by atoms with Gasteiger partial charge in [0.15, 0.2) is 0 Å². The van der Waals surface area contributed by atoms with Gasteiger partial charge in [-0.3, -0.25) is 9.82 Å². The number of hydrogen-bond donors (Lipinski definition) is 1. The first-order chi connectivity index (χ1) is 5.58. The highest BCUT2D eigenvalue weighted by molar-refractivity contribution is 5.24. The van der Waals surface area contributed by atoms with Crippen molar-refractivity contribution in [1.82, 2.24) is 4.98 Å². The monoisotopic (exact) mass is 166 g/mol. The second kappa shape index (κ2) is 3.21. The van der Waals surface area contributed by atoms with Crippen LogP contribution in [0.15, 0.2) is 18.3 Å². The van der Waals surface area contributed by atoms with Crippen molar-refractivity contribution >= 4 is 0 Å².